The van der Waals surface area contributed by atoms with Gasteiger partial charge in [0.1, 0.15) is 11.3 Å². The van der Waals surface area contributed by atoms with Crippen molar-refractivity contribution in [3.8, 4) is 11.5 Å². The fourth-order valence-corrected chi connectivity index (χ4v) is 4.51. The molecule has 2 aromatic heterocycles. The molecule has 0 amide bonds. The number of pyridine rings is 1. The van der Waals surface area contributed by atoms with Gasteiger partial charge in [-0.25, -0.2) is 9.97 Å². The number of fused-ring (bicyclic) bond motifs is 1. The summed E-state index contributed by atoms with van der Waals surface area (Å²) in [4.78, 5) is 14.0. The number of nitrogens with zero attached hydrogens (tertiary/aromatic N) is 3. The third-order valence-electron chi connectivity index (χ3n) is 6.48. The number of allylic oxidation sites excluding steroid dienone is 4. The average molecular weight is 568 g/mol. The van der Waals surface area contributed by atoms with Gasteiger partial charge in [0.2, 0.25) is 0 Å². The highest BCUT2D eigenvalue weighted by atomic mass is 32.1. The van der Waals surface area contributed by atoms with E-state index in [9.17, 15) is 0 Å². The molecule has 0 aliphatic heterocycles. The molecule has 0 radical (unpaired) electrons. The summed E-state index contributed by atoms with van der Waals surface area (Å²) in [6.07, 6.45) is 12.9. The third-order valence-corrected chi connectivity index (χ3v) is 6.73. The second-order valence-electron chi connectivity index (χ2n) is 9.51. The van der Waals surface area contributed by atoms with Crippen molar-refractivity contribution in [2.45, 2.75) is 52.4 Å². The van der Waals surface area contributed by atoms with E-state index < -0.39 is 0 Å². The van der Waals surface area contributed by atoms with Gasteiger partial charge in [0, 0.05) is 16.5 Å². The Kier molecular flexibility index (Phi) is 12.8. The molecule has 0 spiro atoms. The maximum absolute atomic E-state index is 5.41. The lowest BCUT2D eigenvalue weighted by Gasteiger charge is -2.10. The van der Waals surface area contributed by atoms with Gasteiger partial charge < -0.3 is 24.8 Å². The summed E-state index contributed by atoms with van der Waals surface area (Å²) in [7, 11) is 4.99. The molecule has 1 aromatic carbocycles. The molecule has 0 aliphatic rings. The van der Waals surface area contributed by atoms with Gasteiger partial charge in [0.05, 0.1) is 32.7 Å². The van der Waals surface area contributed by atoms with E-state index in [0.29, 0.717) is 29.7 Å². The highest BCUT2D eigenvalue weighted by molar-refractivity contribution is 7.80. The number of benzene rings is 1. The number of thiocarbonyl (C=S) groups is 1. The lowest BCUT2D eigenvalue weighted by atomic mass is 10.0. The smallest absolute Gasteiger partial charge is 0.180 e. The fraction of sp³-hybridized carbons (Fsp3) is 0.419. The highest BCUT2D eigenvalue weighted by Crippen LogP contribution is 2.28. The van der Waals surface area contributed by atoms with Crippen molar-refractivity contribution in [1.29, 1.82) is 0 Å². The van der Waals surface area contributed by atoms with Crippen molar-refractivity contribution < 1.29 is 17.1 Å². The molecule has 2 N–H and O–H groups in total. The number of hydrogen-bond acceptors (Lipinski definition) is 7. The van der Waals surface area contributed by atoms with Crippen LogP contribution in [0.5, 0.6) is 11.5 Å². The van der Waals surface area contributed by atoms with Crippen molar-refractivity contribution in [3.63, 3.8) is 0 Å². The maximum Gasteiger partial charge on any atom is 0.180 e. The van der Waals surface area contributed by atoms with E-state index in [2.05, 4.69) is 51.8 Å². The van der Waals surface area contributed by atoms with Crippen molar-refractivity contribution in [1.82, 2.24) is 20.3 Å². The molecular weight excluding hydrogens is 522 g/mol. The van der Waals surface area contributed by atoms with Crippen LogP contribution in [0.1, 0.15) is 60.1 Å². The van der Waals surface area contributed by atoms with Crippen LogP contribution in [0, 0.1) is 0 Å². The van der Waals surface area contributed by atoms with E-state index in [1.807, 2.05) is 25.1 Å². The van der Waals surface area contributed by atoms with Crippen molar-refractivity contribution >= 4 is 39.9 Å². The Labute approximate surface area is 246 Å². The number of rotatable bonds is 15. The lowest BCUT2D eigenvalue weighted by Crippen LogP contribution is -2.31. The predicted molar refractivity (Wildman–Crippen MR) is 171 cm³/mol. The molecule has 0 saturated carbocycles. The van der Waals surface area contributed by atoms with Crippen LogP contribution in [0.4, 0.5) is 5.82 Å². The Bertz CT molecular complexity index is 1340. The van der Waals surface area contributed by atoms with E-state index in [0.717, 1.165) is 54.0 Å². The molecule has 8 nitrogen and oxygen atoms in total. The minimum absolute atomic E-state index is 0. The summed E-state index contributed by atoms with van der Waals surface area (Å²) in [5, 5.41) is 6.66. The fourth-order valence-electron chi connectivity index (χ4n) is 4.30. The van der Waals surface area contributed by atoms with E-state index in [4.69, 9.17) is 31.4 Å². The Hall–Kier alpha value is -3.56. The molecule has 0 unspecified atom stereocenters. The summed E-state index contributed by atoms with van der Waals surface area (Å²) in [5.41, 5.74) is 5.75. The van der Waals surface area contributed by atoms with Crippen LogP contribution in [0.2, 0.25) is 0 Å². The van der Waals surface area contributed by atoms with Gasteiger partial charge in [0.25, 0.3) is 0 Å². The number of ether oxygens (including phenoxy) is 3. The zero-order valence-electron chi connectivity index (χ0n) is 24.3. The average Bonchev–Trinajstić information content (AvgIpc) is 2.97. The predicted octanol–water partition coefficient (Wildman–Crippen LogP) is 7.01. The molecule has 0 aliphatic carbocycles. The molecule has 0 saturated heterocycles. The molecule has 3 aromatic rings. The van der Waals surface area contributed by atoms with E-state index in [1.54, 1.807) is 27.5 Å². The summed E-state index contributed by atoms with van der Waals surface area (Å²) < 4.78 is 15.8. The van der Waals surface area contributed by atoms with Crippen LogP contribution in [0.3, 0.4) is 0 Å². The minimum Gasteiger partial charge on any atom is -0.493 e. The van der Waals surface area contributed by atoms with Crippen LogP contribution in [-0.4, -0.2) is 54.5 Å². The Morgan fingerprint density at radius 1 is 1.00 bits per heavy atom. The molecule has 218 valence electrons. The van der Waals surface area contributed by atoms with Crippen molar-refractivity contribution in [3.05, 3.63) is 65.5 Å². The molecule has 2 heterocycles. The first-order valence-electron chi connectivity index (χ1n) is 13.7. The number of anilines is 1. The van der Waals surface area contributed by atoms with Crippen molar-refractivity contribution in [2.75, 3.05) is 39.8 Å². The summed E-state index contributed by atoms with van der Waals surface area (Å²) >= 11 is 5.32. The Morgan fingerprint density at radius 3 is 2.55 bits per heavy atom. The maximum atomic E-state index is 5.41. The van der Waals surface area contributed by atoms with Gasteiger partial charge in [0.15, 0.2) is 22.3 Å². The third kappa shape index (κ3) is 9.57. The van der Waals surface area contributed by atoms with Gasteiger partial charge in [-0.3, -0.25) is 4.98 Å². The van der Waals surface area contributed by atoms with Gasteiger partial charge >= 0.3 is 0 Å². The number of methoxy groups -OCH3 is 3. The number of hydrogen-bond donors (Lipinski definition) is 2. The SMILES string of the molecule is C/C=C(\C=C(/C)CCCCCCc1ccc(OC)c(OC)c1)c1cnc2ccc(NC(=S)NCCOC)nc2n1.[HH].[HH]. The summed E-state index contributed by atoms with van der Waals surface area (Å²) in [5.74, 6) is 2.18. The molecule has 0 fully saturated rings. The molecule has 40 heavy (non-hydrogen) atoms. The highest BCUT2D eigenvalue weighted by Gasteiger charge is 2.08. The van der Waals surface area contributed by atoms with Gasteiger partial charge in [-0.2, -0.15) is 0 Å². The number of aromatic nitrogens is 3. The van der Waals surface area contributed by atoms with Crippen LogP contribution in [-0.2, 0) is 11.2 Å². The molecule has 9 heteroatoms. The second kappa shape index (κ2) is 16.5. The van der Waals surface area contributed by atoms with Crippen LogP contribution in [0.15, 0.2) is 54.3 Å². The Morgan fingerprint density at radius 2 is 1.80 bits per heavy atom. The number of aryl methyl sites for hydroxylation is 1. The van der Waals surface area contributed by atoms with Crippen LogP contribution < -0.4 is 20.1 Å². The summed E-state index contributed by atoms with van der Waals surface area (Å²) in [6.45, 7) is 5.39. The van der Waals surface area contributed by atoms with Gasteiger partial charge in [-0.05, 0) is 87.2 Å². The number of unbranched alkanes of at least 4 members (excludes halogenated alkanes) is 3. The van der Waals surface area contributed by atoms with Crippen LogP contribution >= 0.6 is 12.2 Å². The molecule has 0 bridgehead atoms. The Balaban J connectivity index is 0.00000441. The normalized spacial score (nSPS) is 11.9. The second-order valence-corrected chi connectivity index (χ2v) is 9.91. The number of nitrogens with one attached hydrogen (secondary N) is 2. The van der Waals surface area contributed by atoms with E-state index in [-0.39, 0.29) is 2.85 Å². The van der Waals surface area contributed by atoms with E-state index >= 15 is 0 Å². The first-order chi connectivity index (χ1) is 19.5. The molecule has 3 rings (SSSR count). The molecule has 0 atom stereocenters. The largest absolute Gasteiger partial charge is 0.493 e. The molecular formula is C31H45N5O3S. The quantitative estimate of drug-likeness (QED) is 0.114. The van der Waals surface area contributed by atoms with Gasteiger partial charge in [-0.15, -0.1) is 0 Å². The lowest BCUT2D eigenvalue weighted by molar-refractivity contribution is 0.204. The zero-order valence-corrected chi connectivity index (χ0v) is 25.1. The van der Waals surface area contributed by atoms with E-state index in [1.165, 1.54) is 24.0 Å². The van der Waals surface area contributed by atoms with Crippen LogP contribution in [0.25, 0.3) is 16.7 Å². The first-order valence-corrected chi connectivity index (χ1v) is 14.1. The zero-order chi connectivity index (χ0) is 28.7. The van der Waals surface area contributed by atoms with Gasteiger partial charge in [-0.1, -0.05) is 36.6 Å². The van der Waals surface area contributed by atoms with Crippen molar-refractivity contribution in [2.24, 2.45) is 0 Å². The topological polar surface area (TPSA) is 90.4 Å². The first kappa shape index (κ1) is 31.0. The summed E-state index contributed by atoms with van der Waals surface area (Å²) in [6, 6.07) is 9.90. The standard InChI is InChI=1S/C31H41N5O3S.2H2/c1-6-24(19-22(2)11-9-7-8-10-12-23-13-15-27(38-4)28(20-23)39-5)26-21-33-25-14-16-29(35-30(25)34-26)36-31(40)32-17-18-37-3;;/h6,13-16,19-21H,7-12,17-18H2,1-5H3,(H2,32,34,35,36,40);2*1H/b22-19+,24-6+;;. The minimum atomic E-state index is 0. The monoisotopic (exact) mass is 567 g/mol.